The van der Waals surface area contributed by atoms with E-state index in [1.165, 1.54) is 17.0 Å². The highest BCUT2D eigenvalue weighted by Crippen LogP contribution is 2.40. The van der Waals surface area contributed by atoms with Crippen molar-refractivity contribution in [2.75, 3.05) is 27.4 Å². The van der Waals surface area contributed by atoms with Crippen molar-refractivity contribution in [3.63, 3.8) is 0 Å². The third-order valence-corrected chi connectivity index (χ3v) is 5.18. The van der Waals surface area contributed by atoms with Crippen molar-refractivity contribution in [1.29, 1.82) is 0 Å². The summed E-state index contributed by atoms with van der Waals surface area (Å²) in [5.41, 5.74) is 1.81. The Bertz CT molecular complexity index is 980. The lowest BCUT2D eigenvalue weighted by Crippen LogP contribution is -2.31. The summed E-state index contributed by atoms with van der Waals surface area (Å²) in [6, 6.07) is 10.6. The third kappa shape index (κ3) is 4.02. The van der Waals surface area contributed by atoms with Crippen LogP contribution in [0.5, 0.6) is 11.5 Å². The highest BCUT2D eigenvalue weighted by atomic mass is 16.5. The molecule has 2 aromatic carbocycles. The lowest BCUT2D eigenvalue weighted by atomic mass is 9.94. The van der Waals surface area contributed by atoms with Crippen LogP contribution < -0.4 is 4.74 Å². The summed E-state index contributed by atoms with van der Waals surface area (Å²) in [5.74, 6) is -0.948. The Morgan fingerprint density at radius 3 is 2.40 bits per heavy atom. The van der Waals surface area contributed by atoms with Crippen LogP contribution in [0.4, 0.5) is 0 Å². The minimum atomic E-state index is -0.760. The van der Waals surface area contributed by atoms with Gasteiger partial charge in [0.15, 0.2) is 0 Å². The van der Waals surface area contributed by atoms with Gasteiger partial charge in [-0.2, -0.15) is 0 Å². The van der Waals surface area contributed by atoms with E-state index in [2.05, 4.69) is 0 Å². The number of carbonyl (C=O) groups is 2. The Morgan fingerprint density at radius 1 is 1.10 bits per heavy atom. The van der Waals surface area contributed by atoms with Crippen molar-refractivity contribution in [2.45, 2.75) is 19.4 Å². The smallest absolute Gasteiger partial charge is 0.295 e. The number of phenols is 1. The molecule has 0 unspecified atom stereocenters. The molecule has 30 heavy (non-hydrogen) atoms. The number of nitrogens with zero attached hydrogens (tertiary/aromatic N) is 1. The number of amides is 1. The quantitative estimate of drug-likeness (QED) is 0.314. The Labute approximate surface area is 175 Å². The highest BCUT2D eigenvalue weighted by Gasteiger charge is 2.45. The van der Waals surface area contributed by atoms with Gasteiger partial charge in [-0.15, -0.1) is 0 Å². The van der Waals surface area contributed by atoms with Crippen molar-refractivity contribution < 1.29 is 29.3 Å². The number of likely N-dealkylation sites (tertiary alicyclic amines) is 1. The van der Waals surface area contributed by atoms with Gasteiger partial charge in [0.1, 0.15) is 17.3 Å². The molecule has 1 saturated heterocycles. The zero-order valence-corrected chi connectivity index (χ0v) is 17.2. The summed E-state index contributed by atoms with van der Waals surface area (Å²) in [4.78, 5) is 27.2. The fourth-order valence-corrected chi connectivity index (χ4v) is 3.67. The summed E-state index contributed by atoms with van der Waals surface area (Å²) in [6.07, 6.45) is 0.541. The van der Waals surface area contributed by atoms with Gasteiger partial charge in [-0.25, -0.2) is 0 Å². The van der Waals surface area contributed by atoms with E-state index in [4.69, 9.17) is 9.47 Å². The molecular weight excluding hydrogens is 386 g/mol. The number of aryl methyl sites for hydroxylation is 1. The number of aromatic hydroxyl groups is 1. The topological polar surface area (TPSA) is 96.3 Å². The van der Waals surface area contributed by atoms with Crippen LogP contribution in [-0.2, 0) is 14.3 Å². The lowest BCUT2D eigenvalue weighted by molar-refractivity contribution is -0.140. The van der Waals surface area contributed by atoms with E-state index in [1.807, 2.05) is 0 Å². The zero-order chi connectivity index (χ0) is 21.8. The van der Waals surface area contributed by atoms with Gasteiger partial charge in [-0.05, 0) is 54.8 Å². The maximum Gasteiger partial charge on any atom is 0.295 e. The van der Waals surface area contributed by atoms with Gasteiger partial charge in [-0.1, -0.05) is 12.1 Å². The van der Waals surface area contributed by atoms with Crippen LogP contribution in [0, 0.1) is 6.92 Å². The van der Waals surface area contributed by atoms with Gasteiger partial charge in [0.2, 0.25) is 0 Å². The first-order valence-corrected chi connectivity index (χ1v) is 9.60. The average Bonchev–Trinajstić information content (AvgIpc) is 2.99. The molecule has 1 amide bonds. The van der Waals surface area contributed by atoms with E-state index in [1.54, 1.807) is 51.5 Å². The summed E-state index contributed by atoms with van der Waals surface area (Å²) < 4.78 is 10.3. The first kappa shape index (κ1) is 21.4. The highest BCUT2D eigenvalue weighted by molar-refractivity contribution is 6.46. The molecule has 0 bridgehead atoms. The number of benzene rings is 2. The van der Waals surface area contributed by atoms with Gasteiger partial charge in [0, 0.05) is 25.8 Å². The fraction of sp³-hybridized carbons (Fsp3) is 0.304. The zero-order valence-electron chi connectivity index (χ0n) is 17.2. The second kappa shape index (κ2) is 9.00. The number of ether oxygens (including phenoxy) is 2. The van der Waals surface area contributed by atoms with E-state index < -0.39 is 17.7 Å². The molecule has 1 aliphatic heterocycles. The Hall–Kier alpha value is -3.32. The van der Waals surface area contributed by atoms with E-state index in [-0.39, 0.29) is 17.1 Å². The Morgan fingerprint density at radius 2 is 1.80 bits per heavy atom. The first-order valence-electron chi connectivity index (χ1n) is 9.60. The van der Waals surface area contributed by atoms with Crippen molar-refractivity contribution >= 4 is 17.4 Å². The van der Waals surface area contributed by atoms with Crippen LogP contribution in [0.3, 0.4) is 0 Å². The van der Waals surface area contributed by atoms with Crippen LogP contribution in [0.1, 0.15) is 29.2 Å². The van der Waals surface area contributed by atoms with Crippen LogP contribution >= 0.6 is 0 Å². The maximum atomic E-state index is 12.9. The molecule has 0 saturated carbocycles. The number of aliphatic hydroxyl groups is 1. The molecular formula is C23H25NO6. The molecule has 0 aliphatic carbocycles. The van der Waals surface area contributed by atoms with Crippen LogP contribution in [0.15, 0.2) is 48.0 Å². The van der Waals surface area contributed by atoms with Crippen molar-refractivity contribution in [2.24, 2.45) is 0 Å². The van der Waals surface area contributed by atoms with Crippen LogP contribution in [0.25, 0.3) is 5.76 Å². The largest absolute Gasteiger partial charge is 0.508 e. The maximum absolute atomic E-state index is 12.9. The number of rotatable bonds is 7. The summed E-state index contributed by atoms with van der Waals surface area (Å²) in [6.45, 7) is 2.52. The SMILES string of the molecule is COCCCN1C(=O)C(=O)/C(=C(/O)c2ccc(OC)cc2C)[C@@H]1c1ccc(O)cc1. The van der Waals surface area contributed by atoms with E-state index in [0.717, 1.165) is 0 Å². The van der Waals surface area contributed by atoms with Gasteiger partial charge in [0.05, 0.1) is 18.7 Å². The summed E-state index contributed by atoms with van der Waals surface area (Å²) >= 11 is 0. The average molecular weight is 411 g/mol. The van der Waals surface area contributed by atoms with E-state index in [0.29, 0.717) is 42.0 Å². The number of hydrogen-bond acceptors (Lipinski definition) is 6. The molecule has 3 rings (SSSR count). The Kier molecular flexibility index (Phi) is 6.42. The predicted molar refractivity (Wildman–Crippen MR) is 111 cm³/mol. The molecule has 0 spiro atoms. The lowest BCUT2D eigenvalue weighted by Gasteiger charge is -2.25. The molecule has 7 heteroatoms. The molecule has 0 radical (unpaired) electrons. The number of hydrogen-bond donors (Lipinski definition) is 2. The summed E-state index contributed by atoms with van der Waals surface area (Å²) in [5, 5.41) is 20.7. The molecule has 0 aromatic heterocycles. The van der Waals surface area contributed by atoms with E-state index in [9.17, 15) is 19.8 Å². The minimum absolute atomic E-state index is 0.0244. The first-order chi connectivity index (χ1) is 14.4. The van der Waals surface area contributed by atoms with Crippen molar-refractivity contribution in [1.82, 2.24) is 4.90 Å². The van der Waals surface area contributed by atoms with Crippen LogP contribution in [0.2, 0.25) is 0 Å². The number of aliphatic hydroxyl groups excluding tert-OH is 1. The number of carbonyl (C=O) groups excluding carboxylic acids is 2. The molecule has 1 atom stereocenters. The predicted octanol–water partition coefficient (Wildman–Crippen LogP) is 3.17. The molecule has 158 valence electrons. The monoisotopic (exact) mass is 411 g/mol. The van der Waals surface area contributed by atoms with Crippen molar-refractivity contribution in [3.05, 3.63) is 64.7 Å². The molecule has 2 aromatic rings. The number of methoxy groups -OCH3 is 2. The standard InChI is InChI=1S/C23H25NO6/c1-14-13-17(30-3)9-10-18(14)21(26)19-20(15-5-7-16(25)8-6-15)24(11-4-12-29-2)23(28)22(19)27/h5-10,13,20,25-26H,4,11-12H2,1-3H3/b21-19+/t20-/m0/s1. The number of Topliss-reactive ketones (excluding diaryl/α,β-unsaturated/α-hetero) is 1. The summed E-state index contributed by atoms with van der Waals surface area (Å²) in [7, 11) is 3.11. The molecule has 2 N–H and O–H groups in total. The molecule has 7 nitrogen and oxygen atoms in total. The van der Waals surface area contributed by atoms with Crippen LogP contribution in [-0.4, -0.2) is 54.2 Å². The van der Waals surface area contributed by atoms with Gasteiger partial charge < -0.3 is 24.6 Å². The Balaban J connectivity index is 2.13. The second-order valence-corrected chi connectivity index (χ2v) is 7.11. The fourth-order valence-electron chi connectivity index (χ4n) is 3.67. The molecule has 1 aliphatic rings. The minimum Gasteiger partial charge on any atom is -0.508 e. The van der Waals surface area contributed by atoms with Gasteiger partial charge >= 0.3 is 0 Å². The van der Waals surface area contributed by atoms with Gasteiger partial charge in [-0.3, -0.25) is 9.59 Å². The van der Waals surface area contributed by atoms with Gasteiger partial charge in [0.25, 0.3) is 11.7 Å². The molecule has 1 heterocycles. The number of ketones is 1. The third-order valence-electron chi connectivity index (χ3n) is 5.18. The van der Waals surface area contributed by atoms with E-state index >= 15 is 0 Å². The second-order valence-electron chi connectivity index (χ2n) is 7.11. The number of phenolic OH excluding ortho intramolecular Hbond substituents is 1. The van der Waals surface area contributed by atoms with Crippen molar-refractivity contribution in [3.8, 4) is 11.5 Å². The normalized spacial score (nSPS) is 18.1. The molecule has 1 fully saturated rings.